The highest BCUT2D eigenvalue weighted by Gasteiger charge is 2.33. The molecule has 4 rings (SSSR count). The molecule has 3 heterocycles. The maximum atomic E-state index is 13.0. The molecule has 0 bridgehead atoms. The van der Waals surface area contributed by atoms with Crippen LogP contribution >= 0.6 is 0 Å². The predicted octanol–water partition coefficient (Wildman–Crippen LogP) is 2.38. The fraction of sp³-hybridized carbons (Fsp3) is 0.353. The Morgan fingerprint density at radius 2 is 2.21 bits per heavy atom. The fourth-order valence-corrected chi connectivity index (χ4v) is 3.01. The first kappa shape index (κ1) is 14.9. The van der Waals surface area contributed by atoms with Gasteiger partial charge in [0.15, 0.2) is 5.82 Å². The van der Waals surface area contributed by atoms with Crippen LogP contribution in [0.2, 0.25) is 0 Å². The predicted molar refractivity (Wildman–Crippen MR) is 86.7 cm³/mol. The Balaban J connectivity index is 1.67. The minimum absolute atomic E-state index is 0.0898. The smallest absolute Gasteiger partial charge is 0.271 e. The van der Waals surface area contributed by atoms with Crippen molar-refractivity contribution in [3.05, 3.63) is 47.2 Å². The molecule has 1 amide bonds. The summed E-state index contributed by atoms with van der Waals surface area (Å²) < 4.78 is 10.8. The number of aryl methyl sites for hydroxylation is 2. The van der Waals surface area contributed by atoms with E-state index >= 15 is 0 Å². The van der Waals surface area contributed by atoms with E-state index in [-0.39, 0.29) is 11.9 Å². The van der Waals surface area contributed by atoms with E-state index in [0.717, 1.165) is 16.5 Å². The molecule has 1 fully saturated rings. The number of carbonyl (C=O) groups is 1. The number of hydrogen-bond acceptors (Lipinski definition) is 5. The lowest BCUT2D eigenvalue weighted by Gasteiger charge is -2.32. The number of rotatable bonds is 2. The lowest BCUT2D eigenvalue weighted by Crippen LogP contribution is -2.43. The Kier molecular flexibility index (Phi) is 3.57. The molecule has 1 N–H and O–H groups in total. The van der Waals surface area contributed by atoms with Crippen molar-refractivity contribution in [1.29, 1.82) is 0 Å². The Morgan fingerprint density at radius 1 is 1.33 bits per heavy atom. The van der Waals surface area contributed by atoms with Crippen LogP contribution in [0.15, 0.2) is 28.8 Å². The molecule has 0 aliphatic carbocycles. The monoisotopic (exact) mass is 326 g/mol. The summed E-state index contributed by atoms with van der Waals surface area (Å²) >= 11 is 0. The number of fused-ring (bicyclic) bond motifs is 1. The second-order valence-electron chi connectivity index (χ2n) is 6.04. The van der Waals surface area contributed by atoms with Crippen molar-refractivity contribution in [2.75, 3.05) is 19.8 Å². The maximum Gasteiger partial charge on any atom is 0.271 e. The summed E-state index contributed by atoms with van der Waals surface area (Å²) in [4.78, 5) is 22.2. The summed E-state index contributed by atoms with van der Waals surface area (Å²) in [6, 6.07) is 7.59. The standard InChI is InChI=1S/C17H18N4O3/c1-10-3-4-12-8-14(19-13(12)7-10)17(22)21-5-6-23-9-15(21)16-18-11(2)20-24-16/h3-4,7-8,15,19H,5-6,9H2,1-2H3/t15-/m1/s1. The van der Waals surface area contributed by atoms with Crippen molar-refractivity contribution in [3.8, 4) is 0 Å². The van der Waals surface area contributed by atoms with Gasteiger partial charge in [-0.1, -0.05) is 17.3 Å². The zero-order chi connectivity index (χ0) is 16.7. The van der Waals surface area contributed by atoms with Crippen LogP contribution in [0.25, 0.3) is 10.9 Å². The molecule has 1 aliphatic rings. The van der Waals surface area contributed by atoms with Crippen LogP contribution in [0.1, 0.15) is 33.8 Å². The summed E-state index contributed by atoms with van der Waals surface area (Å²) in [6.45, 7) is 5.11. The number of ether oxygens (including phenoxy) is 1. The normalized spacial score (nSPS) is 18.2. The summed E-state index contributed by atoms with van der Waals surface area (Å²) in [5.74, 6) is 0.865. The van der Waals surface area contributed by atoms with E-state index < -0.39 is 0 Å². The van der Waals surface area contributed by atoms with Gasteiger partial charge in [-0.25, -0.2) is 0 Å². The van der Waals surface area contributed by atoms with Crippen LogP contribution in [0.4, 0.5) is 0 Å². The molecule has 3 aromatic rings. The molecule has 1 atom stereocenters. The Morgan fingerprint density at radius 3 is 3.00 bits per heavy atom. The molecular weight excluding hydrogens is 308 g/mol. The van der Waals surface area contributed by atoms with Gasteiger partial charge in [-0.05, 0) is 31.5 Å². The highest BCUT2D eigenvalue weighted by Crippen LogP contribution is 2.26. The molecule has 1 aliphatic heterocycles. The summed E-state index contributed by atoms with van der Waals surface area (Å²) in [7, 11) is 0. The van der Waals surface area contributed by atoms with Crippen LogP contribution in [0.3, 0.4) is 0 Å². The van der Waals surface area contributed by atoms with E-state index in [2.05, 4.69) is 15.1 Å². The molecule has 0 unspecified atom stereocenters. The van der Waals surface area contributed by atoms with Gasteiger partial charge < -0.3 is 19.1 Å². The molecular formula is C17H18N4O3. The quantitative estimate of drug-likeness (QED) is 0.781. The fourth-order valence-electron chi connectivity index (χ4n) is 3.01. The number of hydrogen-bond donors (Lipinski definition) is 1. The van der Waals surface area contributed by atoms with Crippen molar-refractivity contribution < 1.29 is 14.1 Å². The second-order valence-corrected chi connectivity index (χ2v) is 6.04. The van der Waals surface area contributed by atoms with Gasteiger partial charge >= 0.3 is 0 Å². The third kappa shape index (κ3) is 2.56. The van der Waals surface area contributed by atoms with E-state index in [1.165, 1.54) is 0 Å². The van der Waals surface area contributed by atoms with Crippen molar-refractivity contribution in [2.45, 2.75) is 19.9 Å². The van der Waals surface area contributed by atoms with Gasteiger partial charge in [0.25, 0.3) is 11.8 Å². The molecule has 1 saturated heterocycles. The largest absolute Gasteiger partial charge is 0.377 e. The average Bonchev–Trinajstić information content (AvgIpc) is 3.20. The zero-order valence-electron chi connectivity index (χ0n) is 13.6. The highest BCUT2D eigenvalue weighted by atomic mass is 16.5. The molecule has 7 heteroatoms. The van der Waals surface area contributed by atoms with Crippen molar-refractivity contribution >= 4 is 16.8 Å². The van der Waals surface area contributed by atoms with Gasteiger partial charge in [-0.2, -0.15) is 4.98 Å². The lowest BCUT2D eigenvalue weighted by atomic mass is 10.2. The van der Waals surface area contributed by atoms with Crippen molar-refractivity contribution in [1.82, 2.24) is 20.0 Å². The van der Waals surface area contributed by atoms with Crippen LogP contribution in [-0.2, 0) is 4.74 Å². The average molecular weight is 326 g/mol. The van der Waals surface area contributed by atoms with Crippen LogP contribution < -0.4 is 0 Å². The van der Waals surface area contributed by atoms with Crippen LogP contribution in [0, 0.1) is 13.8 Å². The van der Waals surface area contributed by atoms with Gasteiger partial charge in [0.05, 0.1) is 13.2 Å². The maximum absolute atomic E-state index is 13.0. The van der Waals surface area contributed by atoms with E-state index in [4.69, 9.17) is 9.26 Å². The third-order valence-electron chi connectivity index (χ3n) is 4.23. The van der Waals surface area contributed by atoms with Gasteiger partial charge in [0.1, 0.15) is 11.7 Å². The molecule has 0 saturated carbocycles. The number of benzene rings is 1. The molecule has 0 radical (unpaired) electrons. The molecule has 2 aromatic heterocycles. The van der Waals surface area contributed by atoms with E-state index in [9.17, 15) is 4.79 Å². The number of aromatic nitrogens is 3. The number of H-pyrrole nitrogens is 1. The lowest BCUT2D eigenvalue weighted by molar-refractivity contribution is -0.0121. The summed E-state index contributed by atoms with van der Waals surface area (Å²) in [6.07, 6.45) is 0. The van der Waals surface area contributed by atoms with Crippen LogP contribution in [-0.4, -0.2) is 45.7 Å². The molecule has 0 spiro atoms. The topological polar surface area (TPSA) is 84.2 Å². The van der Waals surface area contributed by atoms with Gasteiger partial charge in [-0.15, -0.1) is 0 Å². The number of nitrogens with zero attached hydrogens (tertiary/aromatic N) is 3. The van der Waals surface area contributed by atoms with E-state index in [0.29, 0.717) is 37.2 Å². The second kappa shape index (κ2) is 5.76. The zero-order valence-corrected chi connectivity index (χ0v) is 13.6. The Labute approximate surface area is 138 Å². The first-order valence-electron chi connectivity index (χ1n) is 7.90. The SMILES string of the molecule is Cc1ccc2cc(C(=O)N3CCOC[C@@H]3c3nc(C)no3)[nH]c2c1. The highest BCUT2D eigenvalue weighted by molar-refractivity contribution is 5.98. The van der Waals surface area contributed by atoms with E-state index in [1.54, 1.807) is 11.8 Å². The molecule has 7 nitrogen and oxygen atoms in total. The number of carbonyl (C=O) groups excluding carboxylic acids is 1. The molecule has 124 valence electrons. The Bertz CT molecular complexity index is 898. The summed E-state index contributed by atoms with van der Waals surface area (Å²) in [5, 5.41) is 4.83. The minimum Gasteiger partial charge on any atom is -0.377 e. The number of amides is 1. The van der Waals surface area contributed by atoms with Crippen LogP contribution in [0.5, 0.6) is 0 Å². The first-order chi connectivity index (χ1) is 11.6. The van der Waals surface area contributed by atoms with Gasteiger partial charge in [0.2, 0.25) is 0 Å². The van der Waals surface area contributed by atoms with Crippen molar-refractivity contribution in [3.63, 3.8) is 0 Å². The molecule has 1 aromatic carbocycles. The Hall–Kier alpha value is -2.67. The minimum atomic E-state index is -0.361. The first-order valence-corrected chi connectivity index (χ1v) is 7.90. The summed E-state index contributed by atoms with van der Waals surface area (Å²) in [5.41, 5.74) is 2.66. The number of morpholine rings is 1. The number of nitrogens with one attached hydrogen (secondary N) is 1. The van der Waals surface area contributed by atoms with Gasteiger partial charge in [-0.3, -0.25) is 4.79 Å². The number of aromatic amines is 1. The van der Waals surface area contributed by atoms with Crippen molar-refractivity contribution in [2.24, 2.45) is 0 Å². The molecule has 24 heavy (non-hydrogen) atoms. The van der Waals surface area contributed by atoms with Gasteiger partial charge in [0, 0.05) is 17.4 Å². The third-order valence-corrected chi connectivity index (χ3v) is 4.23. The van der Waals surface area contributed by atoms with E-state index in [1.807, 2.05) is 31.2 Å².